The molecule has 0 atom stereocenters. The van der Waals surface area contributed by atoms with Crippen molar-refractivity contribution in [3.05, 3.63) is 17.7 Å². The molecule has 0 heterocycles. The van der Waals surface area contributed by atoms with Crippen LogP contribution in [0.2, 0.25) is 0 Å². The first-order valence-electron chi connectivity index (χ1n) is 5.26. The molecule has 0 aromatic heterocycles. The molecule has 0 radical (unpaired) electrons. The average Bonchev–Trinajstić information content (AvgIpc) is 2.28. The number of anilines is 1. The van der Waals surface area contributed by atoms with Crippen LogP contribution in [-0.4, -0.2) is 30.1 Å². The Kier molecular flexibility index (Phi) is 4.46. The van der Waals surface area contributed by atoms with Gasteiger partial charge in [-0.1, -0.05) is 0 Å². The number of methoxy groups -OCH3 is 1. The molecule has 1 aromatic rings. The van der Waals surface area contributed by atoms with E-state index in [1.165, 1.54) is 27.0 Å². The average molecular weight is 267 g/mol. The van der Waals surface area contributed by atoms with Gasteiger partial charge in [0.25, 0.3) is 0 Å². The molecule has 0 saturated heterocycles. The molecule has 0 bridgehead atoms. The molecule has 2 N–H and O–H groups in total. The van der Waals surface area contributed by atoms with Crippen LogP contribution < -0.4 is 14.8 Å². The molecule has 1 rings (SSSR count). The molecule has 7 nitrogen and oxygen atoms in total. The lowest BCUT2D eigenvalue weighted by Crippen LogP contribution is -2.12. The van der Waals surface area contributed by atoms with Crippen LogP contribution in [0, 0.1) is 0 Å². The van der Waals surface area contributed by atoms with Crippen molar-refractivity contribution in [2.75, 3.05) is 12.4 Å². The van der Waals surface area contributed by atoms with Gasteiger partial charge in [-0.2, -0.15) is 0 Å². The number of aromatic carboxylic acids is 1. The predicted molar refractivity (Wildman–Crippen MR) is 65.6 cm³/mol. The van der Waals surface area contributed by atoms with Gasteiger partial charge < -0.3 is 19.9 Å². The monoisotopic (exact) mass is 267 g/mol. The zero-order valence-electron chi connectivity index (χ0n) is 10.6. The van der Waals surface area contributed by atoms with E-state index in [1.54, 1.807) is 0 Å². The zero-order chi connectivity index (χ0) is 14.6. The molecule has 0 aliphatic heterocycles. The van der Waals surface area contributed by atoms with Gasteiger partial charge in [0.1, 0.15) is 0 Å². The largest absolute Gasteiger partial charge is 0.493 e. The first-order valence-corrected chi connectivity index (χ1v) is 5.26. The van der Waals surface area contributed by atoms with Crippen LogP contribution in [0.4, 0.5) is 5.69 Å². The highest BCUT2D eigenvalue weighted by Crippen LogP contribution is 2.33. The van der Waals surface area contributed by atoms with Crippen LogP contribution in [0.5, 0.6) is 11.5 Å². The summed E-state index contributed by atoms with van der Waals surface area (Å²) in [5.41, 5.74) is -0.139. The summed E-state index contributed by atoms with van der Waals surface area (Å²) in [5, 5.41) is 11.4. The van der Waals surface area contributed by atoms with Crippen molar-refractivity contribution in [3.63, 3.8) is 0 Å². The van der Waals surface area contributed by atoms with E-state index in [0.29, 0.717) is 0 Å². The number of esters is 1. The molecule has 1 amide bonds. The Morgan fingerprint density at radius 2 is 1.79 bits per heavy atom. The molecular formula is C12H13NO6. The number of carbonyl (C=O) groups is 3. The molecule has 0 unspecified atom stereocenters. The summed E-state index contributed by atoms with van der Waals surface area (Å²) >= 11 is 0. The normalized spacial score (nSPS) is 9.63. The first-order chi connectivity index (χ1) is 8.85. The number of hydrogen-bond donors (Lipinski definition) is 2. The van der Waals surface area contributed by atoms with E-state index in [-0.39, 0.29) is 22.7 Å². The highest BCUT2D eigenvalue weighted by Gasteiger charge is 2.18. The number of nitrogens with one attached hydrogen (secondary N) is 1. The second kappa shape index (κ2) is 5.85. The quantitative estimate of drug-likeness (QED) is 0.629. The van der Waals surface area contributed by atoms with Crippen molar-refractivity contribution >= 4 is 23.5 Å². The van der Waals surface area contributed by atoms with Crippen LogP contribution in [-0.2, 0) is 9.59 Å². The van der Waals surface area contributed by atoms with Gasteiger partial charge in [-0.15, -0.1) is 0 Å². The Hall–Kier alpha value is -2.57. The highest BCUT2D eigenvalue weighted by atomic mass is 16.6. The van der Waals surface area contributed by atoms with Crippen molar-refractivity contribution in [2.45, 2.75) is 13.8 Å². The lowest BCUT2D eigenvalue weighted by Gasteiger charge is -2.13. The van der Waals surface area contributed by atoms with Gasteiger partial charge in [0, 0.05) is 26.0 Å². The van der Waals surface area contributed by atoms with Crippen LogP contribution in [0.15, 0.2) is 12.1 Å². The smallest absolute Gasteiger partial charge is 0.337 e. The van der Waals surface area contributed by atoms with Gasteiger partial charge in [0.15, 0.2) is 11.5 Å². The van der Waals surface area contributed by atoms with Crippen molar-refractivity contribution in [1.29, 1.82) is 0 Å². The van der Waals surface area contributed by atoms with E-state index in [2.05, 4.69) is 5.32 Å². The second-order valence-electron chi connectivity index (χ2n) is 3.63. The van der Waals surface area contributed by atoms with Crippen molar-refractivity contribution in [1.82, 2.24) is 0 Å². The maximum absolute atomic E-state index is 11.1. The zero-order valence-corrected chi connectivity index (χ0v) is 10.6. The third kappa shape index (κ3) is 3.70. The minimum Gasteiger partial charge on any atom is -0.493 e. The van der Waals surface area contributed by atoms with Crippen LogP contribution >= 0.6 is 0 Å². The SMILES string of the molecule is COc1cc(NC(C)=O)c(C(=O)O)cc1OC(C)=O. The predicted octanol–water partition coefficient (Wildman–Crippen LogP) is 1.28. The summed E-state index contributed by atoms with van der Waals surface area (Å²) in [5.74, 6) is -2.18. The summed E-state index contributed by atoms with van der Waals surface area (Å²) in [4.78, 5) is 33.1. The number of carboxylic acids is 1. The van der Waals surface area contributed by atoms with Crippen LogP contribution in [0.25, 0.3) is 0 Å². The molecule has 0 spiro atoms. The van der Waals surface area contributed by atoms with Crippen LogP contribution in [0.3, 0.4) is 0 Å². The molecule has 102 valence electrons. The van der Waals surface area contributed by atoms with E-state index in [4.69, 9.17) is 14.6 Å². The number of ether oxygens (including phenoxy) is 2. The number of amides is 1. The lowest BCUT2D eigenvalue weighted by atomic mass is 10.1. The Balaban J connectivity index is 3.36. The van der Waals surface area contributed by atoms with Gasteiger partial charge in [-0.05, 0) is 0 Å². The molecule has 19 heavy (non-hydrogen) atoms. The van der Waals surface area contributed by atoms with E-state index in [1.807, 2.05) is 0 Å². The van der Waals surface area contributed by atoms with E-state index in [0.717, 1.165) is 6.07 Å². The van der Waals surface area contributed by atoms with Gasteiger partial charge in [0.2, 0.25) is 5.91 Å². The number of rotatable bonds is 4. The lowest BCUT2D eigenvalue weighted by molar-refractivity contribution is -0.132. The second-order valence-corrected chi connectivity index (χ2v) is 3.63. The summed E-state index contributed by atoms with van der Waals surface area (Å²) in [7, 11) is 1.33. The van der Waals surface area contributed by atoms with Gasteiger partial charge >= 0.3 is 11.9 Å². The number of hydrogen-bond acceptors (Lipinski definition) is 5. The third-order valence-corrected chi connectivity index (χ3v) is 2.10. The van der Waals surface area contributed by atoms with Crippen molar-refractivity contribution in [3.8, 4) is 11.5 Å². The minimum absolute atomic E-state index is 0.0264. The van der Waals surface area contributed by atoms with Crippen molar-refractivity contribution in [2.24, 2.45) is 0 Å². The number of carboxylic acid groups (broad SMARTS) is 1. The van der Waals surface area contributed by atoms with Gasteiger partial charge in [-0.25, -0.2) is 4.79 Å². The fourth-order valence-corrected chi connectivity index (χ4v) is 1.42. The Bertz CT molecular complexity index is 537. The Morgan fingerprint density at radius 3 is 2.21 bits per heavy atom. The summed E-state index contributed by atoms with van der Waals surface area (Å²) in [6.45, 7) is 2.43. The summed E-state index contributed by atoms with van der Waals surface area (Å²) < 4.78 is 9.83. The summed E-state index contributed by atoms with van der Waals surface area (Å²) in [6, 6.07) is 2.40. The van der Waals surface area contributed by atoms with Crippen molar-refractivity contribution < 1.29 is 29.0 Å². The molecule has 0 aliphatic carbocycles. The minimum atomic E-state index is -1.26. The molecule has 0 aliphatic rings. The fraction of sp³-hybridized carbons (Fsp3) is 0.250. The third-order valence-electron chi connectivity index (χ3n) is 2.10. The molecule has 1 aromatic carbocycles. The Morgan fingerprint density at radius 1 is 1.16 bits per heavy atom. The molecule has 0 fully saturated rings. The fourth-order valence-electron chi connectivity index (χ4n) is 1.42. The van der Waals surface area contributed by atoms with E-state index >= 15 is 0 Å². The first kappa shape index (κ1) is 14.5. The highest BCUT2D eigenvalue weighted by molar-refractivity contribution is 6.01. The maximum atomic E-state index is 11.1. The van der Waals surface area contributed by atoms with Gasteiger partial charge in [-0.3, -0.25) is 9.59 Å². The van der Waals surface area contributed by atoms with Gasteiger partial charge in [0.05, 0.1) is 18.4 Å². The molecular weight excluding hydrogens is 254 g/mol. The van der Waals surface area contributed by atoms with Crippen LogP contribution in [0.1, 0.15) is 24.2 Å². The van der Waals surface area contributed by atoms with E-state index < -0.39 is 17.8 Å². The van der Waals surface area contributed by atoms with E-state index in [9.17, 15) is 14.4 Å². The molecule has 0 saturated carbocycles. The standard InChI is InChI=1S/C12H13NO6/c1-6(14)13-9-5-10(18-3)11(19-7(2)15)4-8(9)12(16)17/h4-5H,1-3H3,(H,13,14)(H,16,17). The summed E-state index contributed by atoms with van der Waals surface area (Å²) in [6.07, 6.45) is 0. The Labute approximate surface area is 109 Å². The number of benzene rings is 1. The number of carbonyl (C=O) groups excluding carboxylic acids is 2. The topological polar surface area (TPSA) is 102 Å². The molecule has 7 heteroatoms. The maximum Gasteiger partial charge on any atom is 0.337 e.